The maximum Gasteiger partial charge on any atom is 0.255 e. The molecule has 0 spiro atoms. The number of hydrogen-bond donors (Lipinski definition) is 6. The second-order valence-electron chi connectivity index (χ2n) is 9.08. The molecule has 3 aliphatic carbocycles. The molecule has 4 rings (SSSR count). The van der Waals surface area contributed by atoms with Gasteiger partial charge in [0, 0.05) is 28.0 Å². The van der Waals surface area contributed by atoms with E-state index >= 15 is 0 Å². The number of fused-ring (bicyclic) bond motifs is 3. The number of Topliss-reactive ketones (excluding diaryl/α,β-unsaturated/α-hetero) is 2. The fourth-order valence-corrected chi connectivity index (χ4v) is 5.93. The molecule has 176 valence electrons. The van der Waals surface area contributed by atoms with Gasteiger partial charge in [0.05, 0.1) is 17.2 Å². The van der Waals surface area contributed by atoms with E-state index < -0.39 is 75.0 Å². The highest BCUT2D eigenvalue weighted by Gasteiger charge is 2.66. The van der Waals surface area contributed by atoms with Crippen LogP contribution in [0.15, 0.2) is 29.0 Å². The van der Waals surface area contributed by atoms with E-state index in [1.807, 2.05) is 0 Å². The number of aromatic hydroxyl groups is 1. The Morgan fingerprint density at radius 3 is 2.33 bits per heavy atom. The lowest BCUT2D eigenvalue weighted by molar-refractivity contribution is -0.159. The molecular formula is C22H23ClN2O8. The minimum atomic E-state index is -2.78. The number of phenolic OH excluding ortho intramolecular Hbond substituents is 1. The fourth-order valence-electron chi connectivity index (χ4n) is 5.58. The molecule has 33 heavy (non-hydrogen) atoms. The Morgan fingerprint density at radius 1 is 1.18 bits per heavy atom. The summed E-state index contributed by atoms with van der Waals surface area (Å²) in [6.45, 7) is 1.34. The number of hydrogen-bond acceptors (Lipinski definition) is 9. The summed E-state index contributed by atoms with van der Waals surface area (Å²) in [6.07, 6.45) is -0.259. The number of rotatable bonds is 2. The van der Waals surface area contributed by atoms with Gasteiger partial charge in [0.2, 0.25) is 5.78 Å². The van der Waals surface area contributed by atoms with Crippen LogP contribution in [-0.2, 0) is 20.0 Å². The molecule has 0 bridgehead atoms. The number of phenols is 1. The molecule has 11 heteroatoms. The standard InChI is InChI=1S/C22H23ClN2O8/c1-21(32)7-6-8-15(25(2)3)17(28)13(20(24)31)19(30)22(8,33)18(29)11(7)16(27)12-10(26)5-4-9(23)14(12)21/h4-5,7-8,15,26-27,30,32-33H,6H2,1-3H3,(H2,24,31)/t7-,8+,15+,21-,22-/m1/s1. The van der Waals surface area contributed by atoms with Crippen molar-refractivity contribution < 1.29 is 39.9 Å². The smallest absolute Gasteiger partial charge is 0.255 e. The Hall–Kier alpha value is -2.92. The molecule has 1 saturated carbocycles. The molecule has 1 fully saturated rings. The first-order valence-electron chi connectivity index (χ1n) is 10.1. The first kappa shape index (κ1) is 23.2. The van der Waals surface area contributed by atoms with Gasteiger partial charge in [-0.05, 0) is 39.6 Å². The maximum atomic E-state index is 13.7. The van der Waals surface area contributed by atoms with E-state index in [2.05, 4.69) is 0 Å². The molecule has 1 aromatic rings. The third-order valence-corrected chi connectivity index (χ3v) is 7.39. The SMILES string of the molecule is CN(C)[C@@H]1C(=O)C(C(N)=O)=C(O)[C@]2(O)C(=O)C3=C(O)c4c(O)ccc(Cl)c4[C@](C)(O)[C@@H]3C[C@@H]12. The lowest BCUT2D eigenvalue weighted by Crippen LogP contribution is -2.67. The van der Waals surface area contributed by atoms with Crippen molar-refractivity contribution in [2.24, 2.45) is 17.6 Å². The molecule has 0 heterocycles. The first-order chi connectivity index (χ1) is 15.2. The number of halogens is 1. The van der Waals surface area contributed by atoms with Crippen molar-refractivity contribution in [1.82, 2.24) is 4.90 Å². The van der Waals surface area contributed by atoms with Crippen LogP contribution in [0.25, 0.3) is 5.76 Å². The van der Waals surface area contributed by atoms with Gasteiger partial charge in [-0.1, -0.05) is 11.6 Å². The molecular weight excluding hydrogens is 456 g/mol. The zero-order chi connectivity index (χ0) is 24.8. The van der Waals surface area contributed by atoms with Crippen molar-refractivity contribution in [3.8, 4) is 5.75 Å². The monoisotopic (exact) mass is 478 g/mol. The average Bonchev–Trinajstić information content (AvgIpc) is 2.69. The van der Waals surface area contributed by atoms with Crippen LogP contribution in [0.2, 0.25) is 5.02 Å². The summed E-state index contributed by atoms with van der Waals surface area (Å²) in [5.74, 6) is -8.30. The number of aliphatic hydroxyl groups excluding tert-OH is 2. The molecule has 0 radical (unpaired) electrons. The van der Waals surface area contributed by atoms with Gasteiger partial charge in [-0.2, -0.15) is 0 Å². The third kappa shape index (κ3) is 2.75. The summed E-state index contributed by atoms with van der Waals surface area (Å²) in [4.78, 5) is 40.1. The van der Waals surface area contributed by atoms with Gasteiger partial charge in [0.1, 0.15) is 22.8 Å². The van der Waals surface area contributed by atoms with Crippen molar-refractivity contribution in [1.29, 1.82) is 0 Å². The summed E-state index contributed by atoms with van der Waals surface area (Å²) in [5.41, 5.74) is -1.10. The number of aliphatic hydroxyl groups is 4. The van der Waals surface area contributed by atoms with Crippen LogP contribution < -0.4 is 5.73 Å². The van der Waals surface area contributed by atoms with Crippen LogP contribution in [0.1, 0.15) is 24.5 Å². The zero-order valence-corrected chi connectivity index (χ0v) is 18.7. The van der Waals surface area contributed by atoms with E-state index in [9.17, 15) is 39.9 Å². The molecule has 5 atom stereocenters. The largest absolute Gasteiger partial charge is 0.508 e. The molecule has 0 aromatic heterocycles. The number of benzene rings is 1. The van der Waals surface area contributed by atoms with Crippen molar-refractivity contribution in [3.05, 3.63) is 45.2 Å². The maximum absolute atomic E-state index is 13.7. The summed E-state index contributed by atoms with van der Waals surface area (Å²) >= 11 is 6.28. The Kier molecular flexibility index (Phi) is 4.96. The van der Waals surface area contributed by atoms with Crippen LogP contribution in [0, 0.1) is 11.8 Å². The number of amides is 1. The van der Waals surface area contributed by atoms with Crippen LogP contribution in [0.4, 0.5) is 0 Å². The number of primary amides is 1. The summed E-state index contributed by atoms with van der Waals surface area (Å²) in [7, 11) is 2.97. The summed E-state index contributed by atoms with van der Waals surface area (Å²) < 4.78 is 0. The number of ketones is 2. The van der Waals surface area contributed by atoms with Gasteiger partial charge >= 0.3 is 0 Å². The van der Waals surface area contributed by atoms with Crippen molar-refractivity contribution >= 4 is 34.8 Å². The Labute approximate surface area is 193 Å². The van der Waals surface area contributed by atoms with Gasteiger partial charge in [0.25, 0.3) is 5.91 Å². The summed E-state index contributed by atoms with van der Waals surface area (Å²) in [5, 5.41) is 55.2. The molecule has 0 unspecified atom stereocenters. The molecule has 10 nitrogen and oxygen atoms in total. The average molecular weight is 479 g/mol. The minimum absolute atomic E-state index is 0.0187. The van der Waals surface area contributed by atoms with Crippen LogP contribution in [0.5, 0.6) is 5.75 Å². The number of carbonyl (C=O) groups excluding carboxylic acids is 3. The van der Waals surface area contributed by atoms with E-state index in [0.29, 0.717) is 0 Å². The number of likely N-dealkylation sites (N-methyl/N-ethyl adjacent to an activating group) is 1. The number of carbonyl (C=O) groups is 3. The predicted octanol–water partition coefficient (Wildman–Crippen LogP) is 0.282. The molecule has 0 aliphatic heterocycles. The van der Waals surface area contributed by atoms with Crippen LogP contribution in [0.3, 0.4) is 0 Å². The highest BCUT2D eigenvalue weighted by molar-refractivity contribution is 6.32. The normalized spacial score (nSPS) is 33.7. The first-order valence-corrected chi connectivity index (χ1v) is 10.5. The van der Waals surface area contributed by atoms with Gasteiger partial charge in [-0.25, -0.2) is 0 Å². The Bertz CT molecular complexity index is 1200. The molecule has 1 aromatic carbocycles. The fraction of sp³-hybridized carbons (Fsp3) is 0.409. The predicted molar refractivity (Wildman–Crippen MR) is 115 cm³/mol. The summed E-state index contributed by atoms with van der Waals surface area (Å²) in [6, 6.07) is 1.24. The lowest BCUT2D eigenvalue weighted by atomic mass is 9.54. The molecule has 7 N–H and O–H groups in total. The highest BCUT2D eigenvalue weighted by Crippen LogP contribution is 2.58. The molecule has 3 aliphatic rings. The zero-order valence-electron chi connectivity index (χ0n) is 18.0. The van der Waals surface area contributed by atoms with Crippen molar-refractivity contribution in [2.75, 3.05) is 14.1 Å². The quantitative estimate of drug-likeness (QED) is 0.325. The van der Waals surface area contributed by atoms with E-state index in [4.69, 9.17) is 17.3 Å². The third-order valence-electron chi connectivity index (χ3n) is 7.07. The lowest BCUT2D eigenvalue weighted by Gasteiger charge is -2.53. The van der Waals surface area contributed by atoms with Crippen molar-refractivity contribution in [3.63, 3.8) is 0 Å². The topological polar surface area (TPSA) is 182 Å². The molecule has 1 amide bonds. The van der Waals surface area contributed by atoms with E-state index in [-0.39, 0.29) is 22.6 Å². The second-order valence-corrected chi connectivity index (χ2v) is 9.48. The number of nitrogens with zero attached hydrogens (tertiary/aromatic N) is 1. The Balaban J connectivity index is 2.07. The van der Waals surface area contributed by atoms with Crippen molar-refractivity contribution in [2.45, 2.75) is 30.6 Å². The number of nitrogens with two attached hydrogens (primary N) is 1. The highest BCUT2D eigenvalue weighted by atomic mass is 35.5. The second kappa shape index (κ2) is 7.04. The van der Waals surface area contributed by atoms with Crippen LogP contribution in [-0.4, -0.2) is 73.6 Å². The molecule has 0 saturated heterocycles. The van der Waals surface area contributed by atoms with Crippen LogP contribution >= 0.6 is 11.6 Å². The van der Waals surface area contributed by atoms with Gasteiger partial charge < -0.3 is 31.3 Å². The van der Waals surface area contributed by atoms with Gasteiger partial charge in [-0.3, -0.25) is 19.3 Å². The van der Waals surface area contributed by atoms with E-state index in [1.54, 1.807) is 0 Å². The van der Waals surface area contributed by atoms with E-state index in [1.165, 1.54) is 38.1 Å². The minimum Gasteiger partial charge on any atom is -0.508 e. The Morgan fingerprint density at radius 2 is 1.79 bits per heavy atom. The van der Waals surface area contributed by atoms with Gasteiger partial charge in [0.15, 0.2) is 11.4 Å². The van der Waals surface area contributed by atoms with Gasteiger partial charge in [-0.15, -0.1) is 0 Å². The van der Waals surface area contributed by atoms with E-state index in [0.717, 1.165) is 0 Å².